The van der Waals surface area contributed by atoms with Gasteiger partial charge in [-0.3, -0.25) is 0 Å². The molecule has 1 heterocycles. The average Bonchev–Trinajstić information content (AvgIpc) is 2.83. The minimum Gasteiger partial charge on any atom is -0.494 e. The van der Waals surface area contributed by atoms with Gasteiger partial charge < -0.3 is 14.3 Å². The number of benzene rings is 2. The van der Waals surface area contributed by atoms with Crippen LogP contribution < -0.4 is 4.74 Å². The first-order valence-corrected chi connectivity index (χ1v) is 7.84. The normalized spacial score (nSPS) is 12.5. The van der Waals surface area contributed by atoms with Crippen molar-refractivity contribution in [3.05, 3.63) is 57.3 Å². The number of methoxy groups -OCH3 is 1. The number of imidazole rings is 1. The fourth-order valence-electron chi connectivity index (χ4n) is 2.57. The molecular formula is C16H15BrN2OS. The minimum absolute atomic E-state index is 0.145. The van der Waals surface area contributed by atoms with Gasteiger partial charge in [-0.05, 0) is 49.0 Å². The predicted octanol–water partition coefficient (Wildman–Crippen LogP) is 5.08. The second-order valence-electron chi connectivity index (χ2n) is 4.88. The van der Waals surface area contributed by atoms with Crippen molar-refractivity contribution in [2.24, 2.45) is 0 Å². The highest BCUT2D eigenvalue weighted by atomic mass is 79.9. The first-order chi connectivity index (χ1) is 10.1. The van der Waals surface area contributed by atoms with E-state index in [1.54, 1.807) is 7.11 Å². The van der Waals surface area contributed by atoms with Crippen molar-refractivity contribution in [1.29, 1.82) is 0 Å². The Hall–Kier alpha value is -1.59. The highest BCUT2D eigenvalue weighted by Gasteiger charge is 2.15. The van der Waals surface area contributed by atoms with Crippen molar-refractivity contribution in [1.82, 2.24) is 9.55 Å². The number of hydrogen-bond acceptors (Lipinski definition) is 2. The quantitative estimate of drug-likeness (QED) is 0.658. The van der Waals surface area contributed by atoms with Crippen LogP contribution in [0.2, 0.25) is 0 Å². The Bertz CT molecular complexity index is 836. The van der Waals surface area contributed by atoms with Crippen LogP contribution in [0.15, 0.2) is 46.9 Å². The summed E-state index contributed by atoms with van der Waals surface area (Å²) in [5.41, 5.74) is 3.20. The summed E-state index contributed by atoms with van der Waals surface area (Å²) in [6.07, 6.45) is 0. The summed E-state index contributed by atoms with van der Waals surface area (Å²) in [6.45, 7) is 2.14. The van der Waals surface area contributed by atoms with Crippen LogP contribution in [0, 0.1) is 4.77 Å². The molecule has 0 aliphatic carbocycles. The van der Waals surface area contributed by atoms with E-state index in [1.165, 1.54) is 5.56 Å². The average molecular weight is 363 g/mol. The number of nitrogens with zero attached hydrogens (tertiary/aromatic N) is 1. The topological polar surface area (TPSA) is 29.9 Å². The van der Waals surface area contributed by atoms with E-state index in [-0.39, 0.29) is 6.04 Å². The number of rotatable bonds is 3. The number of aromatic amines is 1. The van der Waals surface area contributed by atoms with Gasteiger partial charge in [-0.2, -0.15) is 0 Å². The maximum absolute atomic E-state index is 5.51. The van der Waals surface area contributed by atoms with Gasteiger partial charge in [0.15, 0.2) is 4.77 Å². The van der Waals surface area contributed by atoms with Gasteiger partial charge in [-0.25, -0.2) is 0 Å². The summed E-state index contributed by atoms with van der Waals surface area (Å²) in [5.74, 6) is 0.806. The van der Waals surface area contributed by atoms with Crippen molar-refractivity contribution in [3.8, 4) is 5.75 Å². The molecule has 0 aliphatic heterocycles. The molecule has 0 saturated carbocycles. The summed E-state index contributed by atoms with van der Waals surface area (Å²) >= 11 is 8.97. The summed E-state index contributed by atoms with van der Waals surface area (Å²) in [7, 11) is 1.67. The lowest BCUT2D eigenvalue weighted by atomic mass is 10.1. The first-order valence-electron chi connectivity index (χ1n) is 6.64. The zero-order valence-electron chi connectivity index (χ0n) is 11.8. The number of aromatic nitrogens is 2. The number of halogens is 1. The lowest BCUT2D eigenvalue weighted by molar-refractivity contribution is 0.419. The van der Waals surface area contributed by atoms with E-state index in [9.17, 15) is 0 Å². The van der Waals surface area contributed by atoms with Gasteiger partial charge in [-0.15, -0.1) is 0 Å². The summed E-state index contributed by atoms with van der Waals surface area (Å²) < 4.78 is 9.29. The van der Waals surface area contributed by atoms with Gasteiger partial charge in [0.2, 0.25) is 0 Å². The second kappa shape index (κ2) is 5.66. The molecule has 5 heteroatoms. The van der Waals surface area contributed by atoms with Gasteiger partial charge in [0.1, 0.15) is 11.3 Å². The predicted molar refractivity (Wildman–Crippen MR) is 91.6 cm³/mol. The van der Waals surface area contributed by atoms with Crippen molar-refractivity contribution in [2.75, 3.05) is 7.11 Å². The number of H-pyrrole nitrogens is 1. The highest BCUT2D eigenvalue weighted by molar-refractivity contribution is 9.10. The smallest absolute Gasteiger partial charge is 0.178 e. The molecule has 1 N–H and O–H groups in total. The largest absolute Gasteiger partial charge is 0.494 e. The van der Waals surface area contributed by atoms with Crippen LogP contribution in [-0.4, -0.2) is 16.7 Å². The molecule has 0 saturated heterocycles. The van der Waals surface area contributed by atoms with E-state index in [0.29, 0.717) is 4.77 Å². The molecule has 108 valence electrons. The third-order valence-corrected chi connectivity index (χ3v) is 4.50. The molecule has 1 unspecified atom stereocenters. The molecule has 1 atom stereocenters. The van der Waals surface area contributed by atoms with Crippen LogP contribution in [0.5, 0.6) is 5.75 Å². The van der Waals surface area contributed by atoms with E-state index in [2.05, 4.69) is 50.6 Å². The maximum Gasteiger partial charge on any atom is 0.178 e. The summed E-state index contributed by atoms with van der Waals surface area (Å²) in [6, 6.07) is 14.4. The molecule has 0 aliphatic rings. The highest BCUT2D eigenvalue weighted by Crippen LogP contribution is 2.29. The van der Waals surface area contributed by atoms with Crippen molar-refractivity contribution in [2.45, 2.75) is 13.0 Å². The Morgan fingerprint density at radius 1 is 1.19 bits per heavy atom. The van der Waals surface area contributed by atoms with Crippen LogP contribution in [-0.2, 0) is 0 Å². The van der Waals surface area contributed by atoms with Crippen LogP contribution in [0.3, 0.4) is 0 Å². The third-order valence-electron chi connectivity index (χ3n) is 3.67. The van der Waals surface area contributed by atoms with Crippen LogP contribution in [0.1, 0.15) is 18.5 Å². The van der Waals surface area contributed by atoms with Crippen LogP contribution >= 0.6 is 28.1 Å². The zero-order chi connectivity index (χ0) is 15.0. The molecule has 3 aromatic rings. The van der Waals surface area contributed by atoms with Gasteiger partial charge >= 0.3 is 0 Å². The number of nitrogens with one attached hydrogen (secondary N) is 1. The fourth-order valence-corrected chi connectivity index (χ4v) is 3.19. The van der Waals surface area contributed by atoms with Gasteiger partial charge in [0, 0.05) is 4.47 Å². The summed E-state index contributed by atoms with van der Waals surface area (Å²) in [5, 5.41) is 0. The fraction of sp³-hybridized carbons (Fsp3) is 0.188. The molecule has 21 heavy (non-hydrogen) atoms. The molecule has 0 amide bonds. The molecule has 2 aromatic carbocycles. The van der Waals surface area contributed by atoms with E-state index < -0.39 is 0 Å². The Kier molecular flexibility index (Phi) is 3.87. The van der Waals surface area contributed by atoms with Crippen LogP contribution in [0.25, 0.3) is 11.0 Å². The number of fused-ring (bicyclic) bond motifs is 1. The first kappa shape index (κ1) is 14.4. The molecule has 0 bridgehead atoms. The van der Waals surface area contributed by atoms with Crippen LogP contribution in [0.4, 0.5) is 0 Å². The number of ether oxygens (including phenoxy) is 1. The molecule has 3 rings (SSSR count). The lowest BCUT2D eigenvalue weighted by Gasteiger charge is -2.15. The van der Waals surface area contributed by atoms with E-state index in [1.807, 2.05) is 24.3 Å². The molecular weight excluding hydrogens is 348 g/mol. The third kappa shape index (κ3) is 2.51. The number of hydrogen-bond donors (Lipinski definition) is 1. The monoisotopic (exact) mass is 362 g/mol. The lowest BCUT2D eigenvalue weighted by Crippen LogP contribution is -2.06. The Morgan fingerprint density at radius 2 is 1.90 bits per heavy atom. The van der Waals surface area contributed by atoms with Gasteiger partial charge in [0.25, 0.3) is 0 Å². The maximum atomic E-state index is 5.51. The van der Waals surface area contributed by atoms with Gasteiger partial charge in [-0.1, -0.05) is 34.1 Å². The zero-order valence-corrected chi connectivity index (χ0v) is 14.2. The van der Waals surface area contributed by atoms with Crippen molar-refractivity contribution in [3.63, 3.8) is 0 Å². The van der Waals surface area contributed by atoms with Crippen molar-refractivity contribution >= 4 is 39.2 Å². The standard InChI is InChI=1S/C16H15BrN2OS/c1-10(11-6-8-12(17)9-7-11)19-13-4-3-5-14(20-2)15(13)18-16(19)21/h3-10H,1-2H3,(H,18,21). The Labute approximate surface area is 136 Å². The molecule has 0 radical (unpaired) electrons. The molecule has 0 fully saturated rings. The summed E-state index contributed by atoms with van der Waals surface area (Å²) in [4.78, 5) is 3.25. The Morgan fingerprint density at radius 3 is 2.57 bits per heavy atom. The molecule has 1 aromatic heterocycles. The van der Waals surface area contributed by atoms with E-state index >= 15 is 0 Å². The van der Waals surface area contributed by atoms with Crippen molar-refractivity contribution < 1.29 is 4.74 Å². The van der Waals surface area contributed by atoms with Gasteiger partial charge in [0.05, 0.1) is 18.7 Å². The molecule has 3 nitrogen and oxygen atoms in total. The van der Waals surface area contributed by atoms with E-state index in [4.69, 9.17) is 17.0 Å². The second-order valence-corrected chi connectivity index (χ2v) is 6.18. The molecule has 0 spiro atoms. The van der Waals surface area contributed by atoms with E-state index in [0.717, 1.165) is 21.3 Å². The Balaban J connectivity index is 2.18. The minimum atomic E-state index is 0.145. The number of para-hydroxylation sites is 1. The SMILES string of the molecule is COc1cccc2c1[nH]c(=S)n2C(C)c1ccc(Br)cc1.